The molecule has 1 unspecified atom stereocenters. The second-order valence-corrected chi connectivity index (χ2v) is 8.20. The summed E-state index contributed by atoms with van der Waals surface area (Å²) in [6, 6.07) is -0.600. The number of amides is 1. The van der Waals surface area contributed by atoms with Crippen LogP contribution in [0.2, 0.25) is 0 Å². The lowest BCUT2D eigenvalue weighted by Gasteiger charge is -2.36. The molecular weight excluding hydrogens is 278 g/mol. The number of nitrogens with one attached hydrogen (secondary N) is 1. The first-order valence-electron chi connectivity index (χ1n) is 8.54. The summed E-state index contributed by atoms with van der Waals surface area (Å²) >= 11 is 0. The van der Waals surface area contributed by atoms with Crippen molar-refractivity contribution in [1.82, 2.24) is 5.32 Å². The van der Waals surface area contributed by atoms with Gasteiger partial charge in [-0.3, -0.25) is 4.79 Å². The zero-order chi connectivity index (χ0) is 17.1. The van der Waals surface area contributed by atoms with Gasteiger partial charge in [0.15, 0.2) is 0 Å². The molecule has 0 spiro atoms. The van der Waals surface area contributed by atoms with E-state index in [2.05, 4.69) is 26.1 Å². The summed E-state index contributed by atoms with van der Waals surface area (Å²) in [5, 5.41) is 2.86. The Balaban J connectivity index is 2.67. The molecule has 1 aliphatic carbocycles. The summed E-state index contributed by atoms with van der Waals surface area (Å²) in [4.78, 5) is 24.6. The van der Waals surface area contributed by atoms with Crippen LogP contribution in [0, 0.1) is 23.7 Å². The first kappa shape index (κ1) is 19.0. The molecule has 128 valence electrons. The second-order valence-electron chi connectivity index (χ2n) is 8.20. The van der Waals surface area contributed by atoms with Gasteiger partial charge in [-0.25, -0.2) is 4.79 Å². The topological polar surface area (TPSA) is 55.4 Å². The minimum Gasteiger partial charge on any atom is -0.458 e. The largest absolute Gasteiger partial charge is 0.458 e. The van der Waals surface area contributed by atoms with E-state index in [9.17, 15) is 9.59 Å². The van der Waals surface area contributed by atoms with Gasteiger partial charge in [0.05, 0.1) is 0 Å². The summed E-state index contributed by atoms with van der Waals surface area (Å²) in [5.41, 5.74) is -0.532. The van der Waals surface area contributed by atoms with Gasteiger partial charge in [-0.05, 0) is 58.3 Å². The highest BCUT2D eigenvalue weighted by Gasteiger charge is 2.36. The third-order valence-corrected chi connectivity index (χ3v) is 4.48. The first-order chi connectivity index (χ1) is 10.0. The highest BCUT2D eigenvalue weighted by atomic mass is 16.6. The second kappa shape index (κ2) is 7.47. The normalized spacial score (nSPS) is 27.4. The lowest BCUT2D eigenvalue weighted by molar-refractivity contribution is -0.158. The molecule has 0 aromatic carbocycles. The van der Waals surface area contributed by atoms with Gasteiger partial charge >= 0.3 is 5.97 Å². The van der Waals surface area contributed by atoms with Crippen molar-refractivity contribution in [3.8, 4) is 0 Å². The smallest absolute Gasteiger partial charge is 0.328 e. The van der Waals surface area contributed by atoms with Crippen molar-refractivity contribution in [3.63, 3.8) is 0 Å². The number of carbonyl (C=O) groups is 2. The molecule has 0 aromatic rings. The minimum atomic E-state index is -0.600. The SMILES string of the molecule is CC(NC(=O)[C@@H]1C[C@H](C)CC[C@H]1C(C)C)C(=O)OC(C)(C)C. The van der Waals surface area contributed by atoms with Gasteiger partial charge in [-0.1, -0.05) is 27.2 Å². The van der Waals surface area contributed by atoms with E-state index in [0.717, 1.165) is 12.8 Å². The minimum absolute atomic E-state index is 0.00334. The first-order valence-corrected chi connectivity index (χ1v) is 8.54. The average molecular weight is 311 g/mol. The van der Waals surface area contributed by atoms with E-state index in [1.165, 1.54) is 6.42 Å². The Morgan fingerprint density at radius 1 is 1.14 bits per heavy atom. The summed E-state index contributed by atoms with van der Waals surface area (Å²) in [6.45, 7) is 13.7. The number of esters is 1. The highest BCUT2D eigenvalue weighted by molar-refractivity contribution is 5.85. The summed E-state index contributed by atoms with van der Waals surface area (Å²) in [7, 11) is 0. The van der Waals surface area contributed by atoms with E-state index < -0.39 is 11.6 Å². The predicted molar refractivity (Wildman–Crippen MR) is 88.3 cm³/mol. The fourth-order valence-corrected chi connectivity index (χ4v) is 3.27. The molecule has 1 rings (SSSR count). The lowest BCUT2D eigenvalue weighted by Crippen LogP contribution is -2.47. The van der Waals surface area contributed by atoms with E-state index in [1.807, 2.05) is 20.8 Å². The van der Waals surface area contributed by atoms with E-state index in [1.54, 1.807) is 6.92 Å². The monoisotopic (exact) mass is 311 g/mol. The van der Waals surface area contributed by atoms with E-state index in [4.69, 9.17) is 4.74 Å². The molecule has 1 N–H and O–H groups in total. The van der Waals surface area contributed by atoms with Crippen LogP contribution in [-0.4, -0.2) is 23.5 Å². The Morgan fingerprint density at radius 2 is 1.73 bits per heavy atom. The van der Waals surface area contributed by atoms with Crippen LogP contribution in [0.5, 0.6) is 0 Å². The van der Waals surface area contributed by atoms with Crippen molar-refractivity contribution >= 4 is 11.9 Å². The van der Waals surface area contributed by atoms with Crippen molar-refractivity contribution < 1.29 is 14.3 Å². The van der Waals surface area contributed by atoms with Crippen LogP contribution in [0.3, 0.4) is 0 Å². The molecule has 4 atom stereocenters. The van der Waals surface area contributed by atoms with E-state index in [-0.39, 0.29) is 17.8 Å². The lowest BCUT2D eigenvalue weighted by atomic mass is 9.69. The standard InChI is InChI=1S/C18H33NO3/c1-11(2)14-9-8-12(3)10-15(14)16(20)19-13(4)17(21)22-18(5,6)7/h11-15H,8-10H2,1-7H3,(H,19,20)/t12-,13?,14+,15-/m1/s1. The molecule has 1 fully saturated rings. The van der Waals surface area contributed by atoms with Gasteiger partial charge in [-0.15, -0.1) is 0 Å². The number of carbonyl (C=O) groups excluding carboxylic acids is 2. The Kier molecular flexibility index (Phi) is 6.45. The predicted octanol–water partition coefficient (Wildman–Crippen LogP) is 3.54. The van der Waals surface area contributed by atoms with Crippen molar-refractivity contribution in [2.45, 2.75) is 79.4 Å². The Bertz CT molecular complexity index is 398. The molecule has 0 saturated heterocycles. The number of rotatable bonds is 4. The van der Waals surface area contributed by atoms with E-state index in [0.29, 0.717) is 17.8 Å². The zero-order valence-corrected chi connectivity index (χ0v) is 15.2. The van der Waals surface area contributed by atoms with Crippen molar-refractivity contribution in [3.05, 3.63) is 0 Å². The summed E-state index contributed by atoms with van der Waals surface area (Å²) < 4.78 is 5.33. The average Bonchev–Trinajstić information content (AvgIpc) is 2.35. The zero-order valence-electron chi connectivity index (χ0n) is 15.2. The Morgan fingerprint density at radius 3 is 2.23 bits per heavy atom. The molecular formula is C18H33NO3. The van der Waals surface area contributed by atoms with Crippen LogP contribution >= 0.6 is 0 Å². The molecule has 22 heavy (non-hydrogen) atoms. The molecule has 1 saturated carbocycles. The van der Waals surface area contributed by atoms with E-state index >= 15 is 0 Å². The molecule has 0 radical (unpaired) electrons. The van der Waals surface area contributed by atoms with Crippen molar-refractivity contribution in [2.24, 2.45) is 23.7 Å². The Hall–Kier alpha value is -1.06. The number of hydrogen-bond donors (Lipinski definition) is 1. The maximum Gasteiger partial charge on any atom is 0.328 e. The van der Waals surface area contributed by atoms with Crippen LogP contribution < -0.4 is 5.32 Å². The quantitative estimate of drug-likeness (QED) is 0.808. The maximum absolute atomic E-state index is 12.6. The molecule has 0 aliphatic heterocycles. The summed E-state index contributed by atoms with van der Waals surface area (Å²) in [6.07, 6.45) is 3.20. The maximum atomic E-state index is 12.6. The van der Waals surface area contributed by atoms with Gasteiger partial charge in [0, 0.05) is 5.92 Å². The molecule has 1 amide bonds. The van der Waals surface area contributed by atoms with Crippen LogP contribution in [0.25, 0.3) is 0 Å². The van der Waals surface area contributed by atoms with Gasteiger partial charge in [0.1, 0.15) is 11.6 Å². The van der Waals surface area contributed by atoms with Crippen LogP contribution in [-0.2, 0) is 14.3 Å². The third-order valence-electron chi connectivity index (χ3n) is 4.48. The van der Waals surface area contributed by atoms with Crippen molar-refractivity contribution in [1.29, 1.82) is 0 Å². The van der Waals surface area contributed by atoms with Gasteiger partial charge in [0.25, 0.3) is 0 Å². The number of ether oxygens (including phenoxy) is 1. The molecule has 0 bridgehead atoms. The van der Waals surface area contributed by atoms with Crippen LogP contribution in [0.1, 0.15) is 67.7 Å². The van der Waals surface area contributed by atoms with Crippen LogP contribution in [0.15, 0.2) is 0 Å². The summed E-state index contributed by atoms with van der Waals surface area (Å²) in [5.74, 6) is 1.10. The molecule has 4 nitrogen and oxygen atoms in total. The van der Waals surface area contributed by atoms with Gasteiger partial charge < -0.3 is 10.1 Å². The van der Waals surface area contributed by atoms with Crippen LogP contribution in [0.4, 0.5) is 0 Å². The van der Waals surface area contributed by atoms with Gasteiger partial charge in [0.2, 0.25) is 5.91 Å². The molecule has 4 heteroatoms. The third kappa shape index (κ3) is 5.62. The molecule has 0 heterocycles. The van der Waals surface area contributed by atoms with Gasteiger partial charge in [-0.2, -0.15) is 0 Å². The number of hydrogen-bond acceptors (Lipinski definition) is 3. The fourth-order valence-electron chi connectivity index (χ4n) is 3.27. The fraction of sp³-hybridized carbons (Fsp3) is 0.889. The highest BCUT2D eigenvalue weighted by Crippen LogP contribution is 2.38. The Labute approximate surface area is 135 Å². The van der Waals surface area contributed by atoms with Crippen molar-refractivity contribution in [2.75, 3.05) is 0 Å². The molecule has 0 aromatic heterocycles. The molecule has 1 aliphatic rings.